The normalized spacial score (nSPS) is 10.8. The van der Waals surface area contributed by atoms with E-state index in [9.17, 15) is 8.78 Å². The third-order valence-electron chi connectivity index (χ3n) is 3.45. The molecule has 1 heterocycles. The van der Waals surface area contributed by atoms with Crippen LogP contribution in [0.25, 0.3) is 22.3 Å². The highest BCUT2D eigenvalue weighted by molar-refractivity contribution is 6.33. The van der Waals surface area contributed by atoms with Gasteiger partial charge in [0.2, 0.25) is 0 Å². The lowest BCUT2D eigenvalue weighted by Gasteiger charge is -2.14. The van der Waals surface area contributed by atoms with Gasteiger partial charge in [-0.3, -0.25) is 0 Å². The number of hydrogen-bond donors (Lipinski definition) is 0. The largest absolute Gasteiger partial charge is 0.206 e. The van der Waals surface area contributed by atoms with E-state index in [1.165, 1.54) is 18.2 Å². The smallest absolute Gasteiger partial charge is 0.160 e. The molecular formula is C17H10Cl2F2N2. The Morgan fingerprint density at radius 1 is 0.783 bits per heavy atom. The first-order chi connectivity index (χ1) is 11.0. The second-order valence-corrected chi connectivity index (χ2v) is 5.72. The zero-order valence-electron chi connectivity index (χ0n) is 11.9. The van der Waals surface area contributed by atoms with Gasteiger partial charge in [-0.2, -0.15) is 5.10 Å². The van der Waals surface area contributed by atoms with E-state index in [0.717, 1.165) is 0 Å². The van der Waals surface area contributed by atoms with Crippen LogP contribution >= 0.6 is 23.2 Å². The fourth-order valence-electron chi connectivity index (χ4n) is 2.44. The molecule has 2 aromatic carbocycles. The molecular weight excluding hydrogens is 341 g/mol. The number of halogens is 4. The minimum Gasteiger partial charge on any atom is -0.206 e. The van der Waals surface area contributed by atoms with E-state index in [1.54, 1.807) is 31.2 Å². The lowest BCUT2D eigenvalue weighted by Crippen LogP contribution is -2.00. The maximum Gasteiger partial charge on any atom is 0.160 e. The highest BCUT2D eigenvalue weighted by atomic mass is 35.5. The molecule has 0 aliphatic rings. The van der Waals surface area contributed by atoms with Gasteiger partial charge in [0.15, 0.2) is 5.15 Å². The Kier molecular flexibility index (Phi) is 4.28. The summed E-state index contributed by atoms with van der Waals surface area (Å²) in [5, 5.41) is 8.25. The van der Waals surface area contributed by atoms with Gasteiger partial charge in [-0.15, -0.1) is 5.10 Å². The van der Waals surface area contributed by atoms with Crippen LogP contribution in [-0.2, 0) is 0 Å². The molecule has 6 heteroatoms. The van der Waals surface area contributed by atoms with Crippen molar-refractivity contribution in [3.63, 3.8) is 0 Å². The molecule has 0 amide bonds. The third-order valence-corrected chi connectivity index (χ3v) is 3.97. The standard InChI is InChI=1S/C17H10Cl2F2N2/c1-9-14(10-5-7-11(18)8-6-10)16(17(19)23-22-9)15-12(20)3-2-4-13(15)21/h2-8H,1H3. The van der Waals surface area contributed by atoms with Crippen molar-refractivity contribution in [2.45, 2.75) is 6.92 Å². The van der Waals surface area contributed by atoms with Gasteiger partial charge in [-0.05, 0) is 36.8 Å². The first kappa shape index (κ1) is 15.8. The van der Waals surface area contributed by atoms with Crippen molar-refractivity contribution < 1.29 is 8.78 Å². The highest BCUT2D eigenvalue weighted by Gasteiger charge is 2.22. The van der Waals surface area contributed by atoms with Crippen molar-refractivity contribution in [1.29, 1.82) is 0 Å². The molecule has 0 atom stereocenters. The SMILES string of the molecule is Cc1nnc(Cl)c(-c2c(F)cccc2F)c1-c1ccc(Cl)cc1. The lowest BCUT2D eigenvalue weighted by molar-refractivity contribution is 0.589. The van der Waals surface area contributed by atoms with E-state index in [-0.39, 0.29) is 16.3 Å². The molecule has 0 saturated heterocycles. The summed E-state index contributed by atoms with van der Waals surface area (Å²) in [6.07, 6.45) is 0. The van der Waals surface area contributed by atoms with Gasteiger partial charge in [-0.25, -0.2) is 8.78 Å². The summed E-state index contributed by atoms with van der Waals surface area (Å²) in [5.41, 5.74) is 1.68. The zero-order chi connectivity index (χ0) is 16.6. The van der Waals surface area contributed by atoms with Gasteiger partial charge >= 0.3 is 0 Å². The van der Waals surface area contributed by atoms with Gasteiger partial charge in [0.25, 0.3) is 0 Å². The first-order valence-corrected chi connectivity index (χ1v) is 7.47. The summed E-state index contributed by atoms with van der Waals surface area (Å²) in [4.78, 5) is 0. The number of aromatic nitrogens is 2. The summed E-state index contributed by atoms with van der Waals surface area (Å²) in [6, 6.07) is 10.5. The molecule has 0 saturated carbocycles. The van der Waals surface area contributed by atoms with Crippen LogP contribution in [0.15, 0.2) is 42.5 Å². The molecule has 0 aliphatic carbocycles. The molecule has 3 rings (SSSR count). The van der Waals surface area contributed by atoms with Crippen molar-refractivity contribution in [3.8, 4) is 22.3 Å². The molecule has 0 fully saturated rings. The average Bonchev–Trinajstić information content (AvgIpc) is 2.52. The Morgan fingerprint density at radius 3 is 2.00 bits per heavy atom. The molecule has 0 aliphatic heterocycles. The summed E-state index contributed by atoms with van der Waals surface area (Å²) in [6.45, 7) is 1.70. The molecule has 0 radical (unpaired) electrons. The Bertz CT molecular complexity index is 860. The fraction of sp³-hybridized carbons (Fsp3) is 0.0588. The van der Waals surface area contributed by atoms with E-state index in [2.05, 4.69) is 10.2 Å². The quantitative estimate of drug-likeness (QED) is 0.592. The van der Waals surface area contributed by atoms with Crippen LogP contribution < -0.4 is 0 Å². The van der Waals surface area contributed by atoms with E-state index in [0.29, 0.717) is 21.8 Å². The molecule has 3 aromatic rings. The van der Waals surface area contributed by atoms with E-state index < -0.39 is 11.6 Å². The minimum absolute atomic E-state index is 0.0652. The van der Waals surface area contributed by atoms with Gasteiger partial charge in [-0.1, -0.05) is 41.4 Å². The predicted molar refractivity (Wildman–Crippen MR) is 87.6 cm³/mol. The van der Waals surface area contributed by atoms with Crippen molar-refractivity contribution in [1.82, 2.24) is 10.2 Å². The number of rotatable bonds is 2. The Morgan fingerprint density at radius 2 is 1.39 bits per heavy atom. The molecule has 0 unspecified atom stereocenters. The lowest BCUT2D eigenvalue weighted by atomic mass is 9.94. The maximum absolute atomic E-state index is 14.2. The van der Waals surface area contributed by atoms with E-state index in [4.69, 9.17) is 23.2 Å². The van der Waals surface area contributed by atoms with Crippen LogP contribution in [0.2, 0.25) is 10.2 Å². The Labute approximate surface area is 141 Å². The number of hydrogen-bond acceptors (Lipinski definition) is 2. The van der Waals surface area contributed by atoms with E-state index >= 15 is 0 Å². The minimum atomic E-state index is -0.713. The van der Waals surface area contributed by atoms with Crippen LogP contribution in [0.4, 0.5) is 8.78 Å². The van der Waals surface area contributed by atoms with Crippen molar-refractivity contribution in [2.24, 2.45) is 0 Å². The Balaban J connectivity index is 2.37. The molecule has 23 heavy (non-hydrogen) atoms. The predicted octanol–water partition coefficient (Wildman–Crippen LogP) is 5.70. The van der Waals surface area contributed by atoms with Gasteiger partial charge in [0, 0.05) is 16.1 Å². The fourth-order valence-corrected chi connectivity index (χ4v) is 2.79. The van der Waals surface area contributed by atoms with Crippen LogP contribution in [0.1, 0.15) is 5.69 Å². The molecule has 1 aromatic heterocycles. The second kappa shape index (κ2) is 6.22. The first-order valence-electron chi connectivity index (χ1n) is 6.72. The monoisotopic (exact) mass is 350 g/mol. The van der Waals surface area contributed by atoms with Gasteiger partial charge in [0.05, 0.1) is 11.3 Å². The van der Waals surface area contributed by atoms with Gasteiger partial charge in [0.1, 0.15) is 11.6 Å². The van der Waals surface area contributed by atoms with Crippen molar-refractivity contribution in [3.05, 3.63) is 70.0 Å². The van der Waals surface area contributed by atoms with Crippen LogP contribution in [0.5, 0.6) is 0 Å². The highest BCUT2D eigenvalue weighted by Crippen LogP contribution is 2.40. The summed E-state index contributed by atoms with van der Waals surface area (Å²) >= 11 is 12.0. The average molecular weight is 351 g/mol. The topological polar surface area (TPSA) is 25.8 Å². The summed E-state index contributed by atoms with van der Waals surface area (Å²) in [7, 11) is 0. The van der Waals surface area contributed by atoms with Crippen LogP contribution in [0.3, 0.4) is 0 Å². The molecule has 0 bridgehead atoms. The second-order valence-electron chi connectivity index (χ2n) is 4.93. The molecule has 0 N–H and O–H groups in total. The third kappa shape index (κ3) is 2.92. The Hall–Kier alpha value is -2.04. The van der Waals surface area contributed by atoms with Crippen molar-refractivity contribution >= 4 is 23.2 Å². The summed E-state index contributed by atoms with van der Waals surface area (Å²) < 4.78 is 28.5. The number of aryl methyl sites for hydroxylation is 1. The zero-order valence-corrected chi connectivity index (χ0v) is 13.5. The van der Waals surface area contributed by atoms with Gasteiger partial charge < -0.3 is 0 Å². The summed E-state index contributed by atoms with van der Waals surface area (Å²) in [5.74, 6) is -1.43. The van der Waals surface area contributed by atoms with Crippen molar-refractivity contribution in [2.75, 3.05) is 0 Å². The van der Waals surface area contributed by atoms with Crippen LogP contribution in [0, 0.1) is 18.6 Å². The van der Waals surface area contributed by atoms with E-state index in [1.807, 2.05) is 0 Å². The van der Waals surface area contributed by atoms with Crippen LogP contribution in [-0.4, -0.2) is 10.2 Å². The maximum atomic E-state index is 14.2. The molecule has 116 valence electrons. The molecule has 2 nitrogen and oxygen atoms in total. The molecule has 0 spiro atoms. The number of nitrogens with zero attached hydrogens (tertiary/aromatic N) is 2. The number of benzene rings is 2.